The molecule has 4 aromatic rings. The average molecular weight is 361 g/mol. The Bertz CT molecular complexity index is 1180. The highest BCUT2D eigenvalue weighted by Gasteiger charge is 2.18. The molecule has 0 amide bonds. The van der Waals surface area contributed by atoms with E-state index in [2.05, 4.69) is 20.4 Å². The number of aromatic amines is 1. The fourth-order valence-corrected chi connectivity index (χ4v) is 3.12. The van der Waals surface area contributed by atoms with Crippen molar-refractivity contribution in [2.75, 3.05) is 19.5 Å². The molecule has 27 heavy (non-hydrogen) atoms. The molecule has 2 aromatic carbocycles. The lowest BCUT2D eigenvalue weighted by Crippen LogP contribution is -2.10. The van der Waals surface area contributed by atoms with Crippen molar-refractivity contribution in [3.05, 3.63) is 58.9 Å². The summed E-state index contributed by atoms with van der Waals surface area (Å²) in [4.78, 5) is 20.4. The Kier molecular flexibility index (Phi) is 4.12. The molecule has 0 radical (unpaired) electrons. The fraction of sp³-hybridized carbons (Fsp3) is 0.150. The summed E-state index contributed by atoms with van der Waals surface area (Å²) in [6, 6.07) is 15.2. The molecule has 0 saturated heterocycles. The zero-order chi connectivity index (χ0) is 19.0. The number of nitrogens with zero attached hydrogens (tertiary/aromatic N) is 3. The molecule has 0 aliphatic heterocycles. The van der Waals surface area contributed by atoms with Gasteiger partial charge in [0.15, 0.2) is 5.65 Å². The lowest BCUT2D eigenvalue weighted by molar-refractivity contribution is 0.416. The van der Waals surface area contributed by atoms with Gasteiger partial charge in [0.25, 0.3) is 5.56 Å². The molecule has 7 heteroatoms. The molecule has 0 saturated carbocycles. The maximum atomic E-state index is 12.9. The monoisotopic (exact) mass is 361 g/mol. The number of fused-ring (bicyclic) bond motifs is 1. The summed E-state index contributed by atoms with van der Waals surface area (Å²) in [5.74, 6) is 1.06. The van der Waals surface area contributed by atoms with Crippen molar-refractivity contribution in [2.45, 2.75) is 0 Å². The first-order valence-corrected chi connectivity index (χ1v) is 8.51. The number of H-pyrrole nitrogens is 1. The lowest BCUT2D eigenvalue weighted by Gasteiger charge is -2.10. The Balaban J connectivity index is 1.94. The Morgan fingerprint density at radius 2 is 1.93 bits per heavy atom. The molecule has 2 aromatic heterocycles. The second-order valence-corrected chi connectivity index (χ2v) is 6.12. The quantitative estimate of drug-likeness (QED) is 0.584. The van der Waals surface area contributed by atoms with Gasteiger partial charge in [0.1, 0.15) is 22.7 Å². The molecule has 2 heterocycles. The summed E-state index contributed by atoms with van der Waals surface area (Å²) in [5, 5.41) is 8.05. The van der Waals surface area contributed by atoms with E-state index in [4.69, 9.17) is 4.74 Å². The van der Waals surface area contributed by atoms with E-state index in [9.17, 15) is 4.79 Å². The second-order valence-electron chi connectivity index (χ2n) is 6.12. The molecule has 136 valence electrons. The third kappa shape index (κ3) is 2.83. The molecule has 0 atom stereocenters. The van der Waals surface area contributed by atoms with Crippen LogP contribution in [0.15, 0.2) is 53.3 Å². The summed E-state index contributed by atoms with van der Waals surface area (Å²) < 4.78 is 7.10. The SMILES string of the molecule is CNc1ccc(-c2nc3c(c(-c4ccccc4)nn3C)c(=O)[nH]2)c(OC)c1. The predicted molar refractivity (Wildman–Crippen MR) is 106 cm³/mol. The van der Waals surface area contributed by atoms with E-state index in [0.29, 0.717) is 33.9 Å². The number of rotatable bonds is 4. The van der Waals surface area contributed by atoms with Crippen LogP contribution in [0.3, 0.4) is 0 Å². The van der Waals surface area contributed by atoms with Crippen LogP contribution < -0.4 is 15.6 Å². The van der Waals surface area contributed by atoms with Gasteiger partial charge >= 0.3 is 0 Å². The van der Waals surface area contributed by atoms with Gasteiger partial charge in [-0.1, -0.05) is 30.3 Å². The number of aryl methyl sites for hydroxylation is 1. The summed E-state index contributed by atoms with van der Waals surface area (Å²) in [5.41, 5.74) is 3.39. The first-order valence-electron chi connectivity index (χ1n) is 8.51. The maximum absolute atomic E-state index is 12.9. The molecular weight excluding hydrogens is 342 g/mol. The predicted octanol–water partition coefficient (Wildman–Crippen LogP) is 3.04. The Hall–Kier alpha value is -3.61. The Morgan fingerprint density at radius 1 is 1.15 bits per heavy atom. The van der Waals surface area contributed by atoms with Gasteiger partial charge in [0.05, 0.1) is 12.7 Å². The van der Waals surface area contributed by atoms with Crippen LogP contribution in [0.1, 0.15) is 0 Å². The molecule has 4 rings (SSSR count). The highest BCUT2D eigenvalue weighted by molar-refractivity contribution is 5.91. The van der Waals surface area contributed by atoms with Crippen LogP contribution in [-0.4, -0.2) is 33.9 Å². The van der Waals surface area contributed by atoms with Crippen LogP contribution in [0.4, 0.5) is 5.69 Å². The average Bonchev–Trinajstić information content (AvgIpc) is 3.05. The summed E-state index contributed by atoms with van der Waals surface area (Å²) in [7, 11) is 5.21. The molecular formula is C20H19N5O2. The highest BCUT2D eigenvalue weighted by atomic mass is 16.5. The summed E-state index contributed by atoms with van der Waals surface area (Å²) in [6.45, 7) is 0. The molecule has 7 nitrogen and oxygen atoms in total. The Morgan fingerprint density at radius 3 is 2.63 bits per heavy atom. The summed E-state index contributed by atoms with van der Waals surface area (Å²) >= 11 is 0. The van der Waals surface area contributed by atoms with E-state index in [0.717, 1.165) is 11.3 Å². The van der Waals surface area contributed by atoms with Crippen LogP contribution in [0.2, 0.25) is 0 Å². The van der Waals surface area contributed by atoms with Crippen molar-refractivity contribution in [2.24, 2.45) is 7.05 Å². The van der Waals surface area contributed by atoms with Crippen molar-refractivity contribution >= 4 is 16.7 Å². The molecule has 0 unspecified atom stereocenters. The molecule has 0 aliphatic rings. The number of nitrogens with one attached hydrogen (secondary N) is 2. The first kappa shape index (κ1) is 16.8. The van der Waals surface area contributed by atoms with Gasteiger partial charge in [-0.25, -0.2) is 9.67 Å². The standard InChI is InChI=1S/C20H19N5O2/c1-21-13-9-10-14(15(11-13)27-3)18-22-19-16(20(26)23-18)17(24-25(19)2)12-7-5-4-6-8-12/h4-11,21H,1-3H3,(H,22,23,26). The van der Waals surface area contributed by atoms with Gasteiger partial charge in [0, 0.05) is 31.4 Å². The number of methoxy groups -OCH3 is 1. The van der Waals surface area contributed by atoms with Gasteiger partial charge in [0.2, 0.25) is 0 Å². The van der Waals surface area contributed by atoms with Crippen LogP contribution in [0.25, 0.3) is 33.7 Å². The molecule has 0 aliphatic carbocycles. The molecule has 0 spiro atoms. The van der Waals surface area contributed by atoms with Crippen molar-refractivity contribution in [3.63, 3.8) is 0 Å². The van der Waals surface area contributed by atoms with Gasteiger partial charge < -0.3 is 15.0 Å². The highest BCUT2D eigenvalue weighted by Crippen LogP contribution is 2.31. The van der Waals surface area contributed by atoms with Gasteiger partial charge in [-0.3, -0.25) is 4.79 Å². The van der Waals surface area contributed by atoms with Crippen LogP contribution >= 0.6 is 0 Å². The number of anilines is 1. The number of hydrogen-bond donors (Lipinski definition) is 2. The van der Waals surface area contributed by atoms with Gasteiger partial charge in [-0.05, 0) is 12.1 Å². The van der Waals surface area contributed by atoms with E-state index in [1.165, 1.54) is 0 Å². The molecule has 0 fully saturated rings. The third-order valence-electron chi connectivity index (χ3n) is 4.49. The van der Waals surface area contributed by atoms with E-state index < -0.39 is 0 Å². The number of hydrogen-bond acceptors (Lipinski definition) is 5. The number of ether oxygens (including phenoxy) is 1. The van der Waals surface area contributed by atoms with Crippen LogP contribution in [0, 0.1) is 0 Å². The number of benzene rings is 2. The van der Waals surface area contributed by atoms with E-state index >= 15 is 0 Å². The van der Waals surface area contributed by atoms with E-state index in [1.54, 1.807) is 18.8 Å². The van der Waals surface area contributed by atoms with Gasteiger partial charge in [-0.2, -0.15) is 5.10 Å². The van der Waals surface area contributed by atoms with E-state index in [-0.39, 0.29) is 5.56 Å². The van der Waals surface area contributed by atoms with Crippen LogP contribution in [0.5, 0.6) is 5.75 Å². The first-order chi connectivity index (χ1) is 13.1. The minimum absolute atomic E-state index is 0.235. The van der Waals surface area contributed by atoms with E-state index in [1.807, 2.05) is 55.6 Å². The lowest BCUT2D eigenvalue weighted by atomic mass is 10.1. The normalized spacial score (nSPS) is 10.9. The maximum Gasteiger partial charge on any atom is 0.262 e. The van der Waals surface area contributed by atoms with Crippen molar-refractivity contribution < 1.29 is 4.74 Å². The van der Waals surface area contributed by atoms with Crippen molar-refractivity contribution in [1.29, 1.82) is 0 Å². The molecule has 0 bridgehead atoms. The minimum atomic E-state index is -0.235. The number of aromatic nitrogens is 4. The largest absolute Gasteiger partial charge is 0.496 e. The minimum Gasteiger partial charge on any atom is -0.496 e. The summed E-state index contributed by atoms with van der Waals surface area (Å²) in [6.07, 6.45) is 0. The topological polar surface area (TPSA) is 84.8 Å². The molecule has 2 N–H and O–H groups in total. The van der Waals surface area contributed by atoms with Crippen molar-refractivity contribution in [1.82, 2.24) is 19.7 Å². The van der Waals surface area contributed by atoms with Crippen molar-refractivity contribution in [3.8, 4) is 28.4 Å². The fourth-order valence-electron chi connectivity index (χ4n) is 3.12. The Labute approximate surface area is 155 Å². The zero-order valence-electron chi connectivity index (χ0n) is 15.3. The second kappa shape index (κ2) is 6.60. The zero-order valence-corrected chi connectivity index (χ0v) is 15.3. The van der Waals surface area contributed by atoms with Gasteiger partial charge in [-0.15, -0.1) is 0 Å². The smallest absolute Gasteiger partial charge is 0.262 e. The van der Waals surface area contributed by atoms with Crippen LogP contribution in [-0.2, 0) is 7.05 Å². The third-order valence-corrected chi connectivity index (χ3v) is 4.49.